The van der Waals surface area contributed by atoms with Gasteiger partial charge in [-0.2, -0.15) is 0 Å². The standard InChI is InChI=1S/C11H15N5O5/c1-12-8-5-9(13-3-14-10(5)20)16(15-8)11-7(19)6(18)4(2-17)21-11/h3-4,6-7,11,17-19H,2H2,1H3,(H,12,15)(H,13,14,20)/t4-,6-,7-,11-/m1/s1. The highest BCUT2D eigenvalue weighted by molar-refractivity contribution is 5.86. The fourth-order valence-corrected chi connectivity index (χ4v) is 2.42. The fraction of sp³-hybridized carbons (Fsp3) is 0.545. The Morgan fingerprint density at radius 3 is 2.86 bits per heavy atom. The minimum absolute atomic E-state index is 0.206. The van der Waals surface area contributed by atoms with Gasteiger partial charge in [0.25, 0.3) is 5.56 Å². The second kappa shape index (κ2) is 5.07. The lowest BCUT2D eigenvalue weighted by Crippen LogP contribution is -2.33. The first-order chi connectivity index (χ1) is 10.1. The van der Waals surface area contributed by atoms with Crippen LogP contribution in [0.25, 0.3) is 11.0 Å². The van der Waals surface area contributed by atoms with Crippen molar-refractivity contribution in [1.29, 1.82) is 0 Å². The van der Waals surface area contributed by atoms with E-state index in [0.717, 1.165) is 0 Å². The average Bonchev–Trinajstić information content (AvgIpc) is 2.99. The molecule has 10 nitrogen and oxygen atoms in total. The van der Waals surface area contributed by atoms with E-state index in [1.54, 1.807) is 7.05 Å². The minimum atomic E-state index is -1.30. The number of nitrogens with zero attached hydrogens (tertiary/aromatic N) is 3. The first-order valence-electron chi connectivity index (χ1n) is 6.34. The summed E-state index contributed by atoms with van der Waals surface area (Å²) in [6.07, 6.45) is -3.31. The third-order valence-corrected chi connectivity index (χ3v) is 3.49. The van der Waals surface area contributed by atoms with Gasteiger partial charge in [-0.05, 0) is 0 Å². The van der Waals surface area contributed by atoms with E-state index in [-0.39, 0.29) is 22.4 Å². The van der Waals surface area contributed by atoms with Crippen LogP contribution in [0.3, 0.4) is 0 Å². The van der Waals surface area contributed by atoms with E-state index in [0.29, 0.717) is 0 Å². The molecule has 1 saturated heterocycles. The monoisotopic (exact) mass is 297 g/mol. The van der Waals surface area contributed by atoms with Crippen molar-refractivity contribution in [1.82, 2.24) is 19.7 Å². The van der Waals surface area contributed by atoms with E-state index in [4.69, 9.17) is 9.84 Å². The normalized spacial score (nSPS) is 29.1. The van der Waals surface area contributed by atoms with Crippen LogP contribution in [0.5, 0.6) is 0 Å². The van der Waals surface area contributed by atoms with E-state index >= 15 is 0 Å². The van der Waals surface area contributed by atoms with Gasteiger partial charge in [0.05, 0.1) is 12.9 Å². The third kappa shape index (κ3) is 2.00. The van der Waals surface area contributed by atoms with Gasteiger partial charge < -0.3 is 30.4 Å². The third-order valence-electron chi connectivity index (χ3n) is 3.49. The zero-order chi connectivity index (χ0) is 15.1. The Kier molecular flexibility index (Phi) is 3.37. The van der Waals surface area contributed by atoms with E-state index in [2.05, 4.69) is 20.4 Å². The van der Waals surface area contributed by atoms with Gasteiger partial charge in [0.1, 0.15) is 23.7 Å². The van der Waals surface area contributed by atoms with Crippen LogP contribution in [0.15, 0.2) is 11.1 Å². The van der Waals surface area contributed by atoms with Crippen LogP contribution in [-0.2, 0) is 4.74 Å². The molecule has 114 valence electrons. The number of hydrogen-bond acceptors (Lipinski definition) is 8. The topological polar surface area (TPSA) is 146 Å². The van der Waals surface area contributed by atoms with Gasteiger partial charge in [-0.3, -0.25) is 4.79 Å². The molecule has 0 spiro atoms. The van der Waals surface area contributed by atoms with Crippen molar-refractivity contribution < 1.29 is 20.1 Å². The molecule has 4 atom stereocenters. The maximum atomic E-state index is 11.9. The van der Waals surface area contributed by atoms with Crippen molar-refractivity contribution >= 4 is 16.9 Å². The van der Waals surface area contributed by atoms with Crippen molar-refractivity contribution in [3.05, 3.63) is 16.7 Å². The molecule has 3 rings (SSSR count). The summed E-state index contributed by atoms with van der Waals surface area (Å²) < 4.78 is 6.62. The summed E-state index contributed by atoms with van der Waals surface area (Å²) >= 11 is 0. The number of ether oxygens (including phenoxy) is 1. The van der Waals surface area contributed by atoms with Crippen LogP contribution < -0.4 is 10.9 Å². The zero-order valence-corrected chi connectivity index (χ0v) is 11.1. The minimum Gasteiger partial charge on any atom is -0.394 e. The van der Waals surface area contributed by atoms with Gasteiger partial charge in [-0.1, -0.05) is 0 Å². The summed E-state index contributed by atoms with van der Waals surface area (Å²) in [5.74, 6) is 0.275. The second-order valence-electron chi connectivity index (χ2n) is 4.70. The first-order valence-corrected chi connectivity index (χ1v) is 6.34. The van der Waals surface area contributed by atoms with Crippen LogP contribution in [0.4, 0.5) is 5.82 Å². The lowest BCUT2D eigenvalue weighted by Gasteiger charge is -2.15. The molecule has 2 aromatic heterocycles. The number of aromatic amines is 1. The Morgan fingerprint density at radius 1 is 1.48 bits per heavy atom. The fourth-order valence-electron chi connectivity index (χ4n) is 2.42. The van der Waals surface area contributed by atoms with Gasteiger partial charge in [0.2, 0.25) is 0 Å². The molecule has 10 heteroatoms. The maximum Gasteiger partial charge on any atom is 0.264 e. The summed E-state index contributed by atoms with van der Waals surface area (Å²) in [5.41, 5.74) is -0.180. The lowest BCUT2D eigenvalue weighted by atomic mass is 10.1. The summed E-state index contributed by atoms with van der Waals surface area (Å²) in [4.78, 5) is 18.3. The Balaban J connectivity index is 2.14. The smallest absolute Gasteiger partial charge is 0.264 e. The van der Waals surface area contributed by atoms with Gasteiger partial charge >= 0.3 is 0 Å². The molecule has 2 aromatic rings. The van der Waals surface area contributed by atoms with Crippen LogP contribution in [0, 0.1) is 0 Å². The molecule has 3 heterocycles. The molecule has 0 bridgehead atoms. The van der Waals surface area contributed by atoms with Gasteiger partial charge in [0.15, 0.2) is 17.7 Å². The Morgan fingerprint density at radius 2 is 2.24 bits per heavy atom. The van der Waals surface area contributed by atoms with Crippen molar-refractivity contribution in [3.8, 4) is 0 Å². The number of H-pyrrole nitrogens is 1. The predicted molar refractivity (Wildman–Crippen MR) is 70.7 cm³/mol. The second-order valence-corrected chi connectivity index (χ2v) is 4.70. The highest BCUT2D eigenvalue weighted by atomic mass is 16.6. The number of aliphatic hydroxyl groups excluding tert-OH is 3. The van der Waals surface area contributed by atoms with Crippen molar-refractivity contribution in [2.24, 2.45) is 0 Å². The molecule has 0 radical (unpaired) electrons. The number of rotatable bonds is 3. The van der Waals surface area contributed by atoms with Crippen molar-refractivity contribution in [2.75, 3.05) is 19.0 Å². The van der Waals surface area contributed by atoms with Gasteiger partial charge in [-0.15, -0.1) is 5.10 Å². The summed E-state index contributed by atoms with van der Waals surface area (Å²) in [7, 11) is 1.59. The Hall–Kier alpha value is -2.01. The molecule has 0 amide bonds. The molecule has 1 aliphatic rings. The SMILES string of the molecule is CNc1nn([C@@H]2O[C@H](CO)[C@@H](O)[C@H]2O)c2nc[nH]c(=O)c12. The predicted octanol–water partition coefficient (Wildman–Crippen LogP) is -2.23. The van der Waals surface area contributed by atoms with Crippen LogP contribution in [0.2, 0.25) is 0 Å². The molecule has 5 N–H and O–H groups in total. The molecule has 21 heavy (non-hydrogen) atoms. The van der Waals surface area contributed by atoms with E-state index in [9.17, 15) is 15.0 Å². The summed E-state index contributed by atoms with van der Waals surface area (Å²) in [5, 5.41) is 36.1. The van der Waals surface area contributed by atoms with Crippen molar-refractivity contribution in [3.63, 3.8) is 0 Å². The van der Waals surface area contributed by atoms with Crippen LogP contribution in [-0.4, -0.2) is 67.0 Å². The molecule has 0 saturated carbocycles. The number of aromatic nitrogens is 4. The number of anilines is 1. The number of hydrogen-bond donors (Lipinski definition) is 5. The van der Waals surface area contributed by atoms with Gasteiger partial charge in [0, 0.05) is 7.05 Å². The molecule has 0 aromatic carbocycles. The molecule has 0 aliphatic carbocycles. The molecule has 0 unspecified atom stereocenters. The molecular formula is C11H15N5O5. The zero-order valence-electron chi connectivity index (χ0n) is 11.1. The van der Waals surface area contributed by atoms with Gasteiger partial charge in [-0.25, -0.2) is 9.67 Å². The average molecular weight is 297 g/mol. The van der Waals surface area contributed by atoms with Crippen molar-refractivity contribution in [2.45, 2.75) is 24.5 Å². The molecule has 1 aliphatic heterocycles. The Labute approximate surface area is 118 Å². The summed E-state index contributed by atoms with van der Waals surface area (Å²) in [6, 6.07) is 0. The van der Waals surface area contributed by atoms with E-state index in [1.165, 1.54) is 11.0 Å². The highest BCUT2D eigenvalue weighted by Gasteiger charge is 2.44. The highest BCUT2D eigenvalue weighted by Crippen LogP contribution is 2.31. The largest absolute Gasteiger partial charge is 0.394 e. The first kappa shape index (κ1) is 13.9. The lowest BCUT2D eigenvalue weighted by molar-refractivity contribution is -0.0565. The maximum absolute atomic E-state index is 11.9. The molecule has 1 fully saturated rings. The van der Waals surface area contributed by atoms with Crippen LogP contribution >= 0.6 is 0 Å². The van der Waals surface area contributed by atoms with E-state index in [1.807, 2.05) is 0 Å². The number of fused-ring (bicyclic) bond motifs is 1. The Bertz CT molecular complexity index is 713. The van der Waals surface area contributed by atoms with Crippen LogP contribution in [0.1, 0.15) is 6.23 Å². The summed E-state index contributed by atoms with van der Waals surface area (Å²) in [6.45, 7) is -0.444. The number of nitrogens with one attached hydrogen (secondary N) is 2. The van der Waals surface area contributed by atoms with E-state index < -0.39 is 31.1 Å². The quantitative estimate of drug-likeness (QED) is 0.428. The molecular weight excluding hydrogens is 282 g/mol. The number of aliphatic hydroxyl groups is 3.